The predicted octanol–water partition coefficient (Wildman–Crippen LogP) is 9.32. The quantitative estimate of drug-likeness (QED) is 0.365. The summed E-state index contributed by atoms with van der Waals surface area (Å²) in [4.78, 5) is 20.4. The van der Waals surface area contributed by atoms with E-state index in [-0.39, 0.29) is 23.2 Å². The number of aromatic hydroxyl groups is 1. The molecule has 4 nitrogen and oxygen atoms in total. The molecule has 3 rings (SSSR count). The van der Waals surface area contributed by atoms with Gasteiger partial charge in [-0.15, -0.1) is 0 Å². The van der Waals surface area contributed by atoms with Crippen LogP contribution in [0.4, 0.5) is 0 Å². The van der Waals surface area contributed by atoms with E-state index in [1.54, 1.807) is 12.1 Å². The highest BCUT2D eigenvalue weighted by Crippen LogP contribution is 2.29. The predicted molar refractivity (Wildman–Crippen MR) is 155 cm³/mol. The third kappa shape index (κ3) is 18.0. The van der Waals surface area contributed by atoms with Crippen LogP contribution in [-0.2, 0) is 4.79 Å². The minimum Gasteiger partial charge on any atom is -0.507 e. The second-order valence-corrected chi connectivity index (χ2v) is 7.04. The zero-order valence-electron chi connectivity index (χ0n) is 24.3. The number of carbonyl (C=O) groups excluding carboxylic acids is 2. The SMILES string of the molecule is CC.CC.CC.CC(C)=O.Cc1cccc([C@@H](C)Oc2cccc(O)c2C=O)c1.Cc1ccccc1. The molecule has 4 heteroatoms. The first-order valence-electron chi connectivity index (χ1n) is 12.7. The Morgan fingerprint density at radius 2 is 1.25 bits per heavy atom. The highest BCUT2D eigenvalue weighted by molar-refractivity contribution is 5.83. The number of benzene rings is 3. The maximum Gasteiger partial charge on any atom is 0.157 e. The van der Waals surface area contributed by atoms with Gasteiger partial charge in [-0.1, -0.05) is 113 Å². The molecule has 0 fully saturated rings. The lowest BCUT2D eigenvalue weighted by Crippen LogP contribution is -2.05. The molecule has 0 aromatic heterocycles. The Kier molecular flexibility index (Phi) is 25.5. The van der Waals surface area contributed by atoms with Crippen molar-refractivity contribution in [2.45, 2.75) is 82.3 Å². The molecule has 0 saturated heterocycles. The monoisotopic (exact) mass is 496 g/mol. The summed E-state index contributed by atoms with van der Waals surface area (Å²) in [5.41, 5.74) is 3.68. The van der Waals surface area contributed by atoms with Crippen LogP contribution in [-0.4, -0.2) is 17.2 Å². The van der Waals surface area contributed by atoms with Crippen LogP contribution in [0.15, 0.2) is 72.8 Å². The maximum atomic E-state index is 11.0. The molecule has 0 aliphatic carbocycles. The van der Waals surface area contributed by atoms with Gasteiger partial charge in [0.2, 0.25) is 0 Å². The van der Waals surface area contributed by atoms with Gasteiger partial charge in [-0.05, 0) is 52.3 Å². The lowest BCUT2D eigenvalue weighted by Gasteiger charge is -2.17. The number of aryl methyl sites for hydroxylation is 2. The Morgan fingerprint density at radius 3 is 1.67 bits per heavy atom. The Morgan fingerprint density at radius 1 is 0.778 bits per heavy atom. The van der Waals surface area contributed by atoms with Gasteiger partial charge < -0.3 is 14.6 Å². The molecular weight excluding hydrogens is 448 g/mol. The molecule has 0 saturated carbocycles. The van der Waals surface area contributed by atoms with Crippen molar-refractivity contribution in [1.29, 1.82) is 0 Å². The Hall–Kier alpha value is -3.40. The molecular formula is C32H48O4. The fourth-order valence-electron chi connectivity index (χ4n) is 2.47. The Bertz CT molecular complexity index is 930. The van der Waals surface area contributed by atoms with E-state index in [1.807, 2.05) is 97.9 Å². The van der Waals surface area contributed by atoms with Crippen molar-refractivity contribution in [2.24, 2.45) is 0 Å². The van der Waals surface area contributed by atoms with Crippen LogP contribution in [0.1, 0.15) is 95.5 Å². The van der Waals surface area contributed by atoms with E-state index in [4.69, 9.17) is 4.74 Å². The lowest BCUT2D eigenvalue weighted by atomic mass is 10.1. The van der Waals surface area contributed by atoms with Crippen LogP contribution >= 0.6 is 0 Å². The van der Waals surface area contributed by atoms with Crippen molar-refractivity contribution in [3.63, 3.8) is 0 Å². The number of ketones is 1. The third-order valence-electron chi connectivity index (χ3n) is 3.92. The highest BCUT2D eigenvalue weighted by Gasteiger charge is 2.12. The number of phenols is 1. The Balaban J connectivity index is -0.000000528. The van der Waals surface area contributed by atoms with Crippen molar-refractivity contribution in [3.8, 4) is 11.5 Å². The molecule has 3 aromatic rings. The number of Topliss-reactive ketones (excluding diaryl/α,β-unsaturated/α-hetero) is 1. The van der Waals surface area contributed by atoms with Gasteiger partial charge >= 0.3 is 0 Å². The van der Waals surface area contributed by atoms with E-state index >= 15 is 0 Å². The molecule has 0 spiro atoms. The largest absolute Gasteiger partial charge is 0.507 e. The molecule has 0 bridgehead atoms. The van der Waals surface area contributed by atoms with Crippen molar-refractivity contribution in [3.05, 3.63) is 95.1 Å². The summed E-state index contributed by atoms with van der Waals surface area (Å²) >= 11 is 0. The molecule has 0 aliphatic heterocycles. The van der Waals surface area contributed by atoms with Gasteiger partial charge in [-0.25, -0.2) is 0 Å². The lowest BCUT2D eigenvalue weighted by molar-refractivity contribution is -0.115. The van der Waals surface area contributed by atoms with Crippen LogP contribution in [0.5, 0.6) is 11.5 Å². The van der Waals surface area contributed by atoms with E-state index in [9.17, 15) is 14.7 Å². The average molecular weight is 497 g/mol. The van der Waals surface area contributed by atoms with Gasteiger partial charge in [-0.3, -0.25) is 4.79 Å². The van der Waals surface area contributed by atoms with Crippen molar-refractivity contribution in [1.82, 2.24) is 0 Å². The molecule has 1 N–H and O–H groups in total. The smallest absolute Gasteiger partial charge is 0.157 e. The second-order valence-electron chi connectivity index (χ2n) is 7.04. The minimum atomic E-state index is -0.194. The standard InChI is InChI=1S/C16H16O3.C7H8.C3H6O.3C2H6/c1-11-5-3-6-13(9-11)12(2)19-16-8-4-7-15(18)14(16)10-17;1-7-5-3-2-4-6-7;1-3(2)4;3*1-2/h3-10,12,18H,1-2H3;2-6H,1H3;1-2H3;3*1-2H3/t12-;;;;;/m1...../s1. The third-order valence-corrected chi connectivity index (χ3v) is 3.92. The average Bonchev–Trinajstić information content (AvgIpc) is 2.88. The fourth-order valence-corrected chi connectivity index (χ4v) is 2.47. The number of aldehydes is 1. The van der Waals surface area contributed by atoms with Gasteiger partial charge in [-0.2, -0.15) is 0 Å². The van der Waals surface area contributed by atoms with Crippen LogP contribution in [0, 0.1) is 13.8 Å². The number of hydrogen-bond donors (Lipinski definition) is 1. The molecule has 200 valence electrons. The first kappa shape index (κ1) is 37.2. The van der Waals surface area contributed by atoms with Crippen molar-refractivity contribution >= 4 is 12.1 Å². The molecule has 0 unspecified atom stereocenters. The topological polar surface area (TPSA) is 63.6 Å². The molecule has 0 amide bonds. The summed E-state index contributed by atoms with van der Waals surface area (Å²) in [6.45, 7) is 21.1. The molecule has 0 radical (unpaired) electrons. The van der Waals surface area contributed by atoms with Gasteiger partial charge in [0.1, 0.15) is 23.4 Å². The fraction of sp³-hybridized carbons (Fsp3) is 0.375. The summed E-state index contributed by atoms with van der Waals surface area (Å²) in [6, 6.07) is 23.0. The number of phenolic OH excluding ortho intramolecular Hbond substituents is 1. The second kappa shape index (κ2) is 24.7. The van der Waals surface area contributed by atoms with Crippen molar-refractivity contribution < 1.29 is 19.4 Å². The van der Waals surface area contributed by atoms with Gasteiger partial charge in [0.05, 0.1) is 5.56 Å². The normalized spacial score (nSPS) is 9.19. The first-order valence-corrected chi connectivity index (χ1v) is 12.7. The van der Waals surface area contributed by atoms with Gasteiger partial charge in [0, 0.05) is 0 Å². The van der Waals surface area contributed by atoms with Crippen LogP contribution < -0.4 is 4.74 Å². The van der Waals surface area contributed by atoms with Crippen LogP contribution in [0.25, 0.3) is 0 Å². The zero-order chi connectivity index (χ0) is 28.5. The van der Waals surface area contributed by atoms with E-state index in [2.05, 4.69) is 19.1 Å². The van der Waals surface area contributed by atoms with E-state index in [0.29, 0.717) is 12.0 Å². The van der Waals surface area contributed by atoms with Crippen LogP contribution in [0.2, 0.25) is 0 Å². The molecule has 0 heterocycles. The maximum absolute atomic E-state index is 11.0. The van der Waals surface area contributed by atoms with Gasteiger partial charge in [0.25, 0.3) is 0 Å². The number of rotatable bonds is 4. The van der Waals surface area contributed by atoms with Crippen LogP contribution in [0.3, 0.4) is 0 Å². The summed E-state index contributed by atoms with van der Waals surface area (Å²) in [5, 5.41) is 9.61. The molecule has 36 heavy (non-hydrogen) atoms. The summed E-state index contributed by atoms with van der Waals surface area (Å²) in [7, 11) is 0. The van der Waals surface area contributed by atoms with E-state index < -0.39 is 0 Å². The highest BCUT2D eigenvalue weighted by atomic mass is 16.5. The summed E-state index contributed by atoms with van der Waals surface area (Å²) in [5.74, 6) is 0.493. The zero-order valence-corrected chi connectivity index (χ0v) is 24.3. The first-order chi connectivity index (χ1) is 17.2. The Labute approximate surface area is 220 Å². The number of carbonyl (C=O) groups is 2. The molecule has 3 aromatic carbocycles. The summed E-state index contributed by atoms with van der Waals surface area (Å²) in [6.07, 6.45) is 0.411. The molecule has 1 atom stereocenters. The minimum absolute atomic E-state index is 0.0658. The van der Waals surface area contributed by atoms with Crippen molar-refractivity contribution in [2.75, 3.05) is 0 Å². The molecule has 0 aliphatic rings. The number of hydrogen-bond acceptors (Lipinski definition) is 4. The van der Waals surface area contributed by atoms with E-state index in [1.165, 1.54) is 25.5 Å². The van der Waals surface area contributed by atoms with Gasteiger partial charge in [0.15, 0.2) is 6.29 Å². The van der Waals surface area contributed by atoms with E-state index in [0.717, 1.165) is 11.1 Å². The number of ether oxygens (including phenoxy) is 1. The summed E-state index contributed by atoms with van der Waals surface area (Å²) < 4.78 is 5.77.